The topological polar surface area (TPSA) is 64.0 Å². The molecule has 5 heteroatoms. The second kappa shape index (κ2) is 3.71. The zero-order chi connectivity index (χ0) is 14.1. The summed E-state index contributed by atoms with van der Waals surface area (Å²) >= 11 is 0. The van der Waals surface area contributed by atoms with Gasteiger partial charge in [0.1, 0.15) is 0 Å². The van der Waals surface area contributed by atoms with Crippen LogP contribution >= 0.6 is 0 Å². The van der Waals surface area contributed by atoms with Crippen LogP contribution in [0.25, 0.3) is 0 Å². The van der Waals surface area contributed by atoms with Crippen LogP contribution in [0.3, 0.4) is 0 Å². The van der Waals surface area contributed by atoms with Gasteiger partial charge in [0, 0.05) is 37.0 Å². The maximum absolute atomic E-state index is 11.7. The Balaban J connectivity index is 2.07. The van der Waals surface area contributed by atoms with Gasteiger partial charge in [-0.1, -0.05) is 13.8 Å². The van der Waals surface area contributed by atoms with Gasteiger partial charge in [-0.3, -0.25) is 9.80 Å². The number of carboxylic acids is 1. The predicted octanol–water partition coefficient (Wildman–Crippen LogP) is 0.586. The van der Waals surface area contributed by atoms with Gasteiger partial charge in [-0.15, -0.1) is 0 Å². The summed E-state index contributed by atoms with van der Waals surface area (Å²) in [4.78, 5) is 15.9. The molecule has 4 aliphatic rings. The fraction of sp³-hybridized carbons (Fsp3) is 0.929. The molecule has 0 aromatic heterocycles. The molecule has 4 heterocycles. The first-order chi connectivity index (χ1) is 8.84. The highest BCUT2D eigenvalue weighted by molar-refractivity contribution is 5.78. The van der Waals surface area contributed by atoms with Crippen LogP contribution in [0.15, 0.2) is 0 Å². The lowest BCUT2D eigenvalue weighted by Gasteiger charge is -2.71. The van der Waals surface area contributed by atoms with Crippen molar-refractivity contribution in [3.05, 3.63) is 0 Å². The normalized spacial score (nSPS) is 55.5. The third-order valence-corrected chi connectivity index (χ3v) is 6.23. The Labute approximate surface area is 114 Å². The van der Waals surface area contributed by atoms with Crippen LogP contribution in [0.2, 0.25) is 0 Å². The van der Waals surface area contributed by atoms with Crippen molar-refractivity contribution in [3.8, 4) is 0 Å². The molecule has 4 rings (SSSR count). The van der Waals surface area contributed by atoms with E-state index in [0.29, 0.717) is 26.2 Å². The van der Waals surface area contributed by atoms with E-state index in [1.165, 1.54) is 0 Å². The number of aliphatic carboxylic acids is 1. The van der Waals surface area contributed by atoms with Crippen LogP contribution in [-0.4, -0.2) is 63.9 Å². The van der Waals surface area contributed by atoms with Crippen molar-refractivity contribution in [2.75, 3.05) is 26.2 Å². The number of nitrogens with zero attached hydrogens (tertiary/aromatic N) is 2. The average molecular weight is 268 g/mol. The van der Waals surface area contributed by atoms with Crippen LogP contribution < -0.4 is 0 Å². The van der Waals surface area contributed by atoms with E-state index in [0.717, 1.165) is 12.8 Å². The third kappa shape index (κ3) is 1.33. The summed E-state index contributed by atoms with van der Waals surface area (Å²) < 4.78 is 0. The molecule has 4 bridgehead atoms. The lowest BCUT2D eigenvalue weighted by molar-refractivity contribution is -0.290. The molecule has 4 aliphatic heterocycles. The molecule has 0 saturated carbocycles. The minimum absolute atomic E-state index is 0.151. The van der Waals surface area contributed by atoms with Gasteiger partial charge in [-0.2, -0.15) is 0 Å². The molecule has 2 N–H and O–H groups in total. The van der Waals surface area contributed by atoms with Gasteiger partial charge in [-0.05, 0) is 19.8 Å². The highest BCUT2D eigenvalue weighted by Crippen LogP contribution is 2.56. The van der Waals surface area contributed by atoms with Crippen molar-refractivity contribution in [3.63, 3.8) is 0 Å². The van der Waals surface area contributed by atoms with Crippen molar-refractivity contribution in [2.24, 2.45) is 10.8 Å². The van der Waals surface area contributed by atoms with Crippen LogP contribution in [0, 0.1) is 10.8 Å². The molecule has 108 valence electrons. The van der Waals surface area contributed by atoms with Crippen LogP contribution in [-0.2, 0) is 4.79 Å². The third-order valence-electron chi connectivity index (χ3n) is 6.23. The molecule has 0 unspecified atom stereocenters. The Morgan fingerprint density at radius 3 is 1.74 bits per heavy atom. The minimum atomic E-state index is -0.891. The minimum Gasteiger partial charge on any atom is -0.479 e. The summed E-state index contributed by atoms with van der Waals surface area (Å²) in [6, 6.07) is 0. The number of hydrogen-bond acceptors (Lipinski definition) is 4. The van der Waals surface area contributed by atoms with Crippen molar-refractivity contribution < 1.29 is 15.0 Å². The van der Waals surface area contributed by atoms with Gasteiger partial charge in [0.15, 0.2) is 5.66 Å². The molecule has 0 aromatic carbocycles. The monoisotopic (exact) mass is 268 g/mol. The van der Waals surface area contributed by atoms with Crippen molar-refractivity contribution in [1.29, 1.82) is 0 Å². The molecule has 5 nitrogen and oxygen atoms in total. The smallest absolute Gasteiger partial charge is 0.339 e. The van der Waals surface area contributed by atoms with E-state index in [1.807, 2.05) is 6.92 Å². The Morgan fingerprint density at radius 2 is 1.47 bits per heavy atom. The first-order valence-corrected chi connectivity index (χ1v) is 7.26. The number of rotatable bonds is 3. The second-order valence-corrected chi connectivity index (χ2v) is 6.87. The lowest BCUT2D eigenvalue weighted by Crippen LogP contribution is -2.85. The van der Waals surface area contributed by atoms with Gasteiger partial charge in [0.2, 0.25) is 0 Å². The molecule has 4 saturated heterocycles. The van der Waals surface area contributed by atoms with Gasteiger partial charge in [0.25, 0.3) is 0 Å². The maximum atomic E-state index is 11.7. The van der Waals surface area contributed by atoms with Gasteiger partial charge in [-0.25, -0.2) is 4.79 Å². The summed E-state index contributed by atoms with van der Waals surface area (Å²) in [5.41, 5.74) is -1.19. The molecule has 0 radical (unpaired) electrons. The Bertz CT molecular complexity index is 383. The standard InChI is InChI=1S/C14H24N2O3/c1-4-13-6-15-8-14(5-2,10(13)17)9-16(7-13)12(15,3)11(18)19/h10,17H,4-9H2,1-3H3,(H,18,19). The number of carboxylic acid groups (broad SMARTS) is 1. The summed E-state index contributed by atoms with van der Waals surface area (Å²) in [7, 11) is 0. The summed E-state index contributed by atoms with van der Waals surface area (Å²) in [5, 5.41) is 20.5. The van der Waals surface area contributed by atoms with E-state index in [1.54, 1.807) is 0 Å². The first-order valence-electron chi connectivity index (χ1n) is 7.26. The number of aliphatic hydroxyl groups excluding tert-OH is 1. The Morgan fingerprint density at radius 1 is 1.11 bits per heavy atom. The first kappa shape index (κ1) is 13.3. The van der Waals surface area contributed by atoms with Gasteiger partial charge in [0.05, 0.1) is 6.10 Å². The second-order valence-electron chi connectivity index (χ2n) is 6.87. The van der Waals surface area contributed by atoms with E-state index in [4.69, 9.17) is 0 Å². The number of carbonyl (C=O) groups is 1. The Kier molecular flexibility index (Phi) is 2.61. The number of aliphatic hydroxyl groups is 1. The van der Waals surface area contributed by atoms with Crippen molar-refractivity contribution >= 4 is 5.97 Å². The van der Waals surface area contributed by atoms with Gasteiger partial charge < -0.3 is 10.2 Å². The van der Waals surface area contributed by atoms with E-state index in [-0.39, 0.29) is 16.9 Å². The quantitative estimate of drug-likeness (QED) is 0.784. The van der Waals surface area contributed by atoms with Crippen LogP contribution in [0.5, 0.6) is 0 Å². The van der Waals surface area contributed by atoms with E-state index < -0.39 is 11.6 Å². The molecular weight excluding hydrogens is 244 g/mol. The van der Waals surface area contributed by atoms with Gasteiger partial charge >= 0.3 is 5.97 Å². The molecule has 0 aromatic rings. The Hall–Kier alpha value is -0.650. The van der Waals surface area contributed by atoms with Crippen LogP contribution in [0.1, 0.15) is 33.6 Å². The summed E-state index contributed by atoms with van der Waals surface area (Å²) in [5.74, 6) is -0.765. The van der Waals surface area contributed by atoms with E-state index >= 15 is 0 Å². The summed E-state index contributed by atoms with van der Waals surface area (Å²) in [6.07, 6.45) is 1.50. The fourth-order valence-electron chi connectivity index (χ4n) is 4.65. The highest BCUT2D eigenvalue weighted by atomic mass is 16.4. The molecule has 0 aliphatic carbocycles. The largest absolute Gasteiger partial charge is 0.479 e. The molecule has 4 fully saturated rings. The van der Waals surface area contributed by atoms with E-state index in [9.17, 15) is 15.0 Å². The van der Waals surface area contributed by atoms with E-state index in [2.05, 4.69) is 23.6 Å². The van der Waals surface area contributed by atoms with Crippen LogP contribution in [0.4, 0.5) is 0 Å². The SMILES string of the molecule is CCC12CN3CC(CC)(CN(C1)C3(C)C(=O)O)C2O. The zero-order valence-electron chi connectivity index (χ0n) is 12.0. The zero-order valence-corrected chi connectivity index (χ0v) is 12.0. The molecule has 0 spiro atoms. The predicted molar refractivity (Wildman–Crippen MR) is 70.6 cm³/mol. The fourth-order valence-corrected chi connectivity index (χ4v) is 4.65. The molecule has 0 amide bonds. The highest BCUT2D eigenvalue weighted by Gasteiger charge is 2.69. The maximum Gasteiger partial charge on any atom is 0.339 e. The number of hydrogen-bond donors (Lipinski definition) is 2. The van der Waals surface area contributed by atoms with Crippen molar-refractivity contribution in [2.45, 2.75) is 45.4 Å². The summed E-state index contributed by atoms with van der Waals surface area (Å²) in [6.45, 7) is 8.83. The molecule has 0 atom stereocenters. The van der Waals surface area contributed by atoms with Crippen molar-refractivity contribution in [1.82, 2.24) is 9.80 Å². The lowest BCUT2D eigenvalue weighted by atomic mass is 9.56. The molecular formula is C14H24N2O3. The number of piperidine rings is 2. The average Bonchev–Trinajstić information content (AvgIpc) is 2.37. The molecule has 19 heavy (non-hydrogen) atoms.